The Morgan fingerprint density at radius 3 is 2.58 bits per heavy atom. The molecule has 1 aliphatic rings. The van der Waals surface area contributed by atoms with Crippen molar-refractivity contribution in [2.24, 2.45) is 4.99 Å². The van der Waals surface area contributed by atoms with E-state index in [1.165, 1.54) is 11.1 Å². The highest BCUT2D eigenvalue weighted by atomic mass is 16.5. The Kier molecular flexibility index (Phi) is 8.53. The summed E-state index contributed by atoms with van der Waals surface area (Å²) in [5.41, 5.74) is 3.45. The predicted molar refractivity (Wildman–Crippen MR) is 125 cm³/mol. The van der Waals surface area contributed by atoms with Crippen LogP contribution in [0, 0.1) is 6.92 Å². The van der Waals surface area contributed by atoms with Crippen LogP contribution in [-0.2, 0) is 13.0 Å². The van der Waals surface area contributed by atoms with Crippen LogP contribution in [0.15, 0.2) is 41.5 Å². The van der Waals surface area contributed by atoms with Gasteiger partial charge in [-0.1, -0.05) is 6.07 Å². The molecule has 1 aromatic heterocycles. The molecule has 7 nitrogen and oxygen atoms in total. The van der Waals surface area contributed by atoms with Crippen molar-refractivity contribution in [1.82, 2.24) is 20.5 Å². The molecule has 31 heavy (non-hydrogen) atoms. The summed E-state index contributed by atoms with van der Waals surface area (Å²) in [6, 6.07) is 10.6. The topological polar surface area (TPSA) is 71.0 Å². The van der Waals surface area contributed by atoms with Gasteiger partial charge < -0.3 is 20.1 Å². The zero-order valence-electron chi connectivity index (χ0n) is 19.1. The number of methoxy groups -OCH3 is 2. The lowest BCUT2D eigenvalue weighted by Gasteiger charge is -2.19. The van der Waals surface area contributed by atoms with Gasteiger partial charge in [-0.15, -0.1) is 0 Å². The number of rotatable bonds is 9. The number of hydrogen-bond acceptors (Lipinski definition) is 5. The molecule has 0 spiro atoms. The van der Waals surface area contributed by atoms with Gasteiger partial charge in [0.05, 0.1) is 14.2 Å². The van der Waals surface area contributed by atoms with Crippen LogP contribution in [0.4, 0.5) is 0 Å². The van der Waals surface area contributed by atoms with Crippen molar-refractivity contribution in [2.75, 3.05) is 40.4 Å². The zero-order chi connectivity index (χ0) is 22.1. The Morgan fingerprint density at radius 2 is 1.94 bits per heavy atom. The SMILES string of the molecule is CCNC(=NCCc1ccc(C)nc1)NC1CCN(Cc2cc(OC)cc(OC)c2)C1. The van der Waals surface area contributed by atoms with Gasteiger partial charge in [-0.3, -0.25) is 14.9 Å². The molecule has 1 aliphatic heterocycles. The predicted octanol–water partition coefficient (Wildman–Crippen LogP) is 2.78. The molecule has 1 aromatic carbocycles. The summed E-state index contributed by atoms with van der Waals surface area (Å²) in [5, 5.41) is 6.98. The van der Waals surface area contributed by atoms with Crippen LogP contribution >= 0.6 is 0 Å². The number of ether oxygens (including phenoxy) is 2. The maximum absolute atomic E-state index is 5.40. The minimum atomic E-state index is 0.381. The Balaban J connectivity index is 1.52. The molecule has 1 atom stereocenters. The average molecular weight is 426 g/mol. The van der Waals surface area contributed by atoms with Crippen molar-refractivity contribution in [1.29, 1.82) is 0 Å². The number of hydrogen-bond donors (Lipinski definition) is 2. The molecule has 2 N–H and O–H groups in total. The summed E-state index contributed by atoms with van der Waals surface area (Å²) in [7, 11) is 3.37. The smallest absolute Gasteiger partial charge is 0.191 e. The maximum Gasteiger partial charge on any atom is 0.191 e. The van der Waals surface area contributed by atoms with Crippen LogP contribution in [0.1, 0.15) is 30.2 Å². The van der Waals surface area contributed by atoms with Crippen molar-refractivity contribution < 1.29 is 9.47 Å². The molecule has 2 aromatic rings. The van der Waals surface area contributed by atoms with Crippen molar-refractivity contribution in [2.45, 2.75) is 39.3 Å². The number of aryl methyl sites for hydroxylation is 1. The van der Waals surface area contributed by atoms with E-state index < -0.39 is 0 Å². The third-order valence-corrected chi connectivity index (χ3v) is 5.42. The lowest BCUT2D eigenvalue weighted by molar-refractivity contribution is 0.321. The second kappa shape index (κ2) is 11.6. The first kappa shape index (κ1) is 22.9. The summed E-state index contributed by atoms with van der Waals surface area (Å²) in [6.07, 6.45) is 3.92. The van der Waals surface area contributed by atoms with E-state index in [0.29, 0.717) is 6.04 Å². The molecule has 1 saturated heterocycles. The number of benzene rings is 1. The van der Waals surface area contributed by atoms with E-state index >= 15 is 0 Å². The highest BCUT2D eigenvalue weighted by Gasteiger charge is 2.23. The lowest BCUT2D eigenvalue weighted by atomic mass is 10.2. The maximum atomic E-state index is 5.40. The van der Waals surface area contributed by atoms with Crippen LogP contribution in [0.5, 0.6) is 11.5 Å². The van der Waals surface area contributed by atoms with Gasteiger partial charge in [0, 0.05) is 56.7 Å². The molecule has 3 rings (SSSR count). The molecular weight excluding hydrogens is 390 g/mol. The number of guanidine groups is 1. The summed E-state index contributed by atoms with van der Waals surface area (Å²) in [5.74, 6) is 2.54. The van der Waals surface area contributed by atoms with Gasteiger partial charge in [-0.05, 0) is 56.0 Å². The Hall–Kier alpha value is -2.80. The summed E-state index contributed by atoms with van der Waals surface area (Å²) in [6.45, 7) is 8.58. The van der Waals surface area contributed by atoms with E-state index in [0.717, 1.165) is 68.7 Å². The first-order valence-corrected chi connectivity index (χ1v) is 11.0. The largest absolute Gasteiger partial charge is 0.497 e. The van der Waals surface area contributed by atoms with Crippen LogP contribution in [0.25, 0.3) is 0 Å². The molecule has 0 aliphatic carbocycles. The fraction of sp³-hybridized carbons (Fsp3) is 0.500. The zero-order valence-corrected chi connectivity index (χ0v) is 19.1. The van der Waals surface area contributed by atoms with Crippen molar-refractivity contribution in [3.8, 4) is 11.5 Å². The molecule has 168 valence electrons. The Morgan fingerprint density at radius 1 is 1.16 bits per heavy atom. The fourth-order valence-corrected chi connectivity index (χ4v) is 3.77. The highest BCUT2D eigenvalue weighted by Crippen LogP contribution is 2.24. The quantitative estimate of drug-likeness (QED) is 0.476. The van der Waals surface area contributed by atoms with E-state index in [1.54, 1.807) is 14.2 Å². The van der Waals surface area contributed by atoms with Gasteiger partial charge in [0.2, 0.25) is 0 Å². The van der Waals surface area contributed by atoms with E-state index in [9.17, 15) is 0 Å². The molecule has 1 unspecified atom stereocenters. The molecule has 0 saturated carbocycles. The van der Waals surface area contributed by atoms with Crippen LogP contribution < -0.4 is 20.1 Å². The fourth-order valence-electron chi connectivity index (χ4n) is 3.77. The van der Waals surface area contributed by atoms with Gasteiger partial charge in [0.15, 0.2) is 5.96 Å². The summed E-state index contributed by atoms with van der Waals surface area (Å²) >= 11 is 0. The monoisotopic (exact) mass is 425 g/mol. The van der Waals surface area contributed by atoms with Gasteiger partial charge >= 0.3 is 0 Å². The standard InChI is InChI=1S/C24H35N5O2/c1-5-25-24(26-10-8-19-7-6-18(2)27-15-19)28-21-9-11-29(17-21)16-20-12-22(30-3)14-23(13-20)31-4/h6-7,12-15,21H,5,8-11,16-17H2,1-4H3,(H2,25,26,28). The van der Waals surface area contributed by atoms with Gasteiger partial charge in [0.1, 0.15) is 11.5 Å². The number of nitrogens with one attached hydrogen (secondary N) is 2. The van der Waals surface area contributed by atoms with Crippen LogP contribution in [0.2, 0.25) is 0 Å². The normalized spacial score (nSPS) is 16.9. The Bertz CT molecular complexity index is 831. The van der Waals surface area contributed by atoms with Crippen LogP contribution in [0.3, 0.4) is 0 Å². The molecular formula is C24H35N5O2. The first-order chi connectivity index (χ1) is 15.1. The second-order valence-corrected chi connectivity index (χ2v) is 7.90. The van der Waals surface area contributed by atoms with Crippen molar-refractivity contribution in [3.63, 3.8) is 0 Å². The number of aromatic nitrogens is 1. The van der Waals surface area contributed by atoms with Gasteiger partial charge in [-0.2, -0.15) is 0 Å². The number of pyridine rings is 1. The molecule has 0 radical (unpaired) electrons. The minimum Gasteiger partial charge on any atom is -0.497 e. The molecule has 2 heterocycles. The van der Waals surface area contributed by atoms with Crippen LogP contribution in [-0.4, -0.2) is 62.3 Å². The first-order valence-electron chi connectivity index (χ1n) is 11.0. The average Bonchev–Trinajstić information content (AvgIpc) is 3.21. The summed E-state index contributed by atoms with van der Waals surface area (Å²) < 4.78 is 10.8. The van der Waals surface area contributed by atoms with E-state index in [1.807, 2.05) is 25.3 Å². The van der Waals surface area contributed by atoms with E-state index in [2.05, 4.69) is 45.6 Å². The third kappa shape index (κ3) is 7.14. The third-order valence-electron chi connectivity index (χ3n) is 5.42. The van der Waals surface area contributed by atoms with E-state index in [-0.39, 0.29) is 0 Å². The number of nitrogens with zero attached hydrogens (tertiary/aromatic N) is 3. The highest BCUT2D eigenvalue weighted by molar-refractivity contribution is 5.80. The molecule has 0 amide bonds. The second-order valence-electron chi connectivity index (χ2n) is 7.90. The van der Waals surface area contributed by atoms with Crippen molar-refractivity contribution in [3.05, 3.63) is 53.3 Å². The lowest BCUT2D eigenvalue weighted by Crippen LogP contribution is -2.44. The summed E-state index contributed by atoms with van der Waals surface area (Å²) in [4.78, 5) is 11.6. The van der Waals surface area contributed by atoms with Gasteiger partial charge in [-0.25, -0.2) is 0 Å². The van der Waals surface area contributed by atoms with Crippen molar-refractivity contribution >= 4 is 5.96 Å². The number of aliphatic imine (C=N–C) groups is 1. The Labute approximate surface area is 185 Å². The number of likely N-dealkylation sites (tertiary alicyclic amines) is 1. The van der Waals surface area contributed by atoms with Gasteiger partial charge in [0.25, 0.3) is 0 Å². The minimum absolute atomic E-state index is 0.381. The molecule has 0 bridgehead atoms. The molecule has 7 heteroatoms. The van der Waals surface area contributed by atoms with E-state index in [4.69, 9.17) is 14.5 Å². The molecule has 1 fully saturated rings.